The van der Waals surface area contributed by atoms with Crippen LogP contribution in [0.1, 0.15) is 49.4 Å². The van der Waals surface area contributed by atoms with Gasteiger partial charge in [-0.15, -0.1) is 0 Å². The Morgan fingerprint density at radius 3 is 2.95 bits per heavy atom. The number of halogens is 1. The van der Waals surface area contributed by atoms with Crippen molar-refractivity contribution in [2.45, 2.75) is 39.0 Å². The van der Waals surface area contributed by atoms with E-state index >= 15 is 0 Å². The summed E-state index contributed by atoms with van der Waals surface area (Å²) in [7, 11) is 0. The van der Waals surface area contributed by atoms with Crippen LogP contribution >= 0.6 is 0 Å². The van der Waals surface area contributed by atoms with Crippen molar-refractivity contribution in [2.24, 2.45) is 11.8 Å². The Bertz CT molecular complexity index is 476. The van der Waals surface area contributed by atoms with Gasteiger partial charge in [-0.05, 0) is 42.9 Å². The number of amides is 1. The molecule has 2 rings (SSSR count). The van der Waals surface area contributed by atoms with Crippen LogP contribution in [-0.2, 0) is 0 Å². The molecule has 1 aliphatic carbocycles. The summed E-state index contributed by atoms with van der Waals surface area (Å²) < 4.78 is 12.9. The normalized spacial score (nSPS) is 22.5. The van der Waals surface area contributed by atoms with Crippen LogP contribution in [0.2, 0.25) is 0 Å². The summed E-state index contributed by atoms with van der Waals surface area (Å²) in [4.78, 5) is 12.0. The number of hydrogen-bond donors (Lipinski definition) is 2. The van der Waals surface area contributed by atoms with E-state index < -0.39 is 5.82 Å². The zero-order valence-corrected chi connectivity index (χ0v) is 12.0. The molecule has 0 spiro atoms. The maximum absolute atomic E-state index is 12.9. The standard InChI is InChI=1S/C16H23FN2O/c1-11-3-2-4-12(9-11)7-8-19-16(20)14-6-5-13(17)10-15(14)18/h5-6,10-12H,2-4,7-9,18H2,1H3,(H,19,20). The molecule has 2 atom stereocenters. The molecule has 4 heteroatoms. The predicted octanol–water partition coefficient (Wildman–Crippen LogP) is 3.35. The molecule has 0 bridgehead atoms. The number of nitrogens with one attached hydrogen (secondary N) is 1. The molecule has 20 heavy (non-hydrogen) atoms. The van der Waals surface area contributed by atoms with Gasteiger partial charge in [-0.3, -0.25) is 4.79 Å². The van der Waals surface area contributed by atoms with Crippen molar-refractivity contribution < 1.29 is 9.18 Å². The first-order chi connectivity index (χ1) is 9.56. The molecule has 0 radical (unpaired) electrons. The molecule has 2 unspecified atom stereocenters. The van der Waals surface area contributed by atoms with Gasteiger partial charge >= 0.3 is 0 Å². The molecular formula is C16H23FN2O. The van der Waals surface area contributed by atoms with E-state index in [1.807, 2.05) is 0 Å². The number of rotatable bonds is 4. The van der Waals surface area contributed by atoms with Gasteiger partial charge in [-0.1, -0.05) is 26.2 Å². The van der Waals surface area contributed by atoms with Crippen molar-refractivity contribution in [1.82, 2.24) is 5.32 Å². The largest absolute Gasteiger partial charge is 0.398 e. The summed E-state index contributed by atoms with van der Waals surface area (Å²) in [6.07, 6.45) is 6.16. The number of carbonyl (C=O) groups excluding carboxylic acids is 1. The Morgan fingerprint density at radius 2 is 2.25 bits per heavy atom. The Kier molecular flexibility index (Phi) is 4.99. The Labute approximate surface area is 119 Å². The molecule has 0 aliphatic heterocycles. The van der Waals surface area contributed by atoms with E-state index in [0.29, 0.717) is 18.0 Å². The molecule has 3 N–H and O–H groups in total. The van der Waals surface area contributed by atoms with Crippen LogP contribution in [0.4, 0.5) is 10.1 Å². The van der Waals surface area contributed by atoms with Crippen LogP contribution in [0.25, 0.3) is 0 Å². The highest BCUT2D eigenvalue weighted by Gasteiger charge is 2.19. The van der Waals surface area contributed by atoms with E-state index in [1.165, 1.54) is 43.9 Å². The van der Waals surface area contributed by atoms with Crippen molar-refractivity contribution in [1.29, 1.82) is 0 Å². The fourth-order valence-corrected chi connectivity index (χ4v) is 3.05. The van der Waals surface area contributed by atoms with Gasteiger partial charge in [-0.25, -0.2) is 4.39 Å². The van der Waals surface area contributed by atoms with Crippen LogP contribution in [0, 0.1) is 17.7 Å². The number of nitrogen functional groups attached to an aromatic ring is 1. The topological polar surface area (TPSA) is 55.1 Å². The molecule has 1 fully saturated rings. The minimum absolute atomic E-state index is 0.189. The second-order valence-electron chi connectivity index (χ2n) is 5.91. The smallest absolute Gasteiger partial charge is 0.253 e. The summed E-state index contributed by atoms with van der Waals surface area (Å²) in [5.41, 5.74) is 6.19. The molecule has 1 saturated carbocycles. The maximum Gasteiger partial charge on any atom is 0.253 e. The average Bonchev–Trinajstić information content (AvgIpc) is 2.38. The van der Waals surface area contributed by atoms with Gasteiger partial charge in [-0.2, -0.15) is 0 Å². The Morgan fingerprint density at radius 1 is 1.45 bits per heavy atom. The van der Waals surface area contributed by atoms with Crippen molar-refractivity contribution >= 4 is 11.6 Å². The first-order valence-electron chi connectivity index (χ1n) is 7.39. The van der Waals surface area contributed by atoms with Gasteiger partial charge in [0, 0.05) is 12.2 Å². The minimum atomic E-state index is -0.421. The van der Waals surface area contributed by atoms with Gasteiger partial charge in [0.05, 0.1) is 5.56 Å². The quantitative estimate of drug-likeness (QED) is 0.830. The van der Waals surface area contributed by atoms with E-state index in [-0.39, 0.29) is 11.6 Å². The van der Waals surface area contributed by atoms with Crippen LogP contribution in [0.3, 0.4) is 0 Å². The predicted molar refractivity (Wildman–Crippen MR) is 78.9 cm³/mol. The molecule has 1 aromatic carbocycles. The first-order valence-corrected chi connectivity index (χ1v) is 7.39. The second-order valence-corrected chi connectivity index (χ2v) is 5.91. The highest BCUT2D eigenvalue weighted by molar-refractivity contribution is 5.99. The van der Waals surface area contributed by atoms with E-state index in [4.69, 9.17) is 5.73 Å². The molecule has 1 amide bonds. The van der Waals surface area contributed by atoms with Gasteiger partial charge in [0.25, 0.3) is 5.91 Å². The summed E-state index contributed by atoms with van der Waals surface area (Å²) in [6, 6.07) is 3.87. The Balaban J connectivity index is 1.80. The number of nitrogens with two attached hydrogens (primary N) is 1. The van der Waals surface area contributed by atoms with Gasteiger partial charge in [0.15, 0.2) is 0 Å². The van der Waals surface area contributed by atoms with Crippen LogP contribution in [-0.4, -0.2) is 12.5 Å². The van der Waals surface area contributed by atoms with Gasteiger partial charge < -0.3 is 11.1 Å². The molecule has 0 saturated heterocycles. The fraction of sp³-hybridized carbons (Fsp3) is 0.562. The van der Waals surface area contributed by atoms with E-state index in [0.717, 1.165) is 12.3 Å². The van der Waals surface area contributed by atoms with Crippen LogP contribution in [0.5, 0.6) is 0 Å². The lowest BCUT2D eigenvalue weighted by Crippen LogP contribution is -2.27. The molecule has 3 nitrogen and oxygen atoms in total. The first kappa shape index (κ1) is 14.8. The van der Waals surface area contributed by atoms with Crippen molar-refractivity contribution in [3.63, 3.8) is 0 Å². The lowest BCUT2D eigenvalue weighted by Gasteiger charge is -2.26. The van der Waals surface area contributed by atoms with E-state index in [1.54, 1.807) is 0 Å². The zero-order chi connectivity index (χ0) is 14.5. The van der Waals surface area contributed by atoms with Gasteiger partial charge in [0.2, 0.25) is 0 Å². The molecular weight excluding hydrogens is 255 g/mol. The van der Waals surface area contributed by atoms with Gasteiger partial charge in [0.1, 0.15) is 5.82 Å². The summed E-state index contributed by atoms with van der Waals surface area (Å²) in [6.45, 7) is 2.96. The lowest BCUT2D eigenvalue weighted by atomic mass is 9.81. The summed E-state index contributed by atoms with van der Waals surface area (Å²) in [5, 5.41) is 2.88. The molecule has 1 aromatic rings. The second kappa shape index (κ2) is 6.73. The van der Waals surface area contributed by atoms with Crippen molar-refractivity contribution in [3.8, 4) is 0 Å². The lowest BCUT2D eigenvalue weighted by molar-refractivity contribution is 0.0950. The minimum Gasteiger partial charge on any atom is -0.398 e. The third-order valence-corrected chi connectivity index (χ3v) is 4.14. The monoisotopic (exact) mass is 278 g/mol. The number of hydrogen-bond acceptors (Lipinski definition) is 2. The highest BCUT2D eigenvalue weighted by Crippen LogP contribution is 2.30. The van der Waals surface area contributed by atoms with Crippen molar-refractivity contribution in [2.75, 3.05) is 12.3 Å². The highest BCUT2D eigenvalue weighted by atomic mass is 19.1. The molecule has 0 heterocycles. The van der Waals surface area contributed by atoms with Crippen LogP contribution < -0.4 is 11.1 Å². The van der Waals surface area contributed by atoms with E-state index in [2.05, 4.69) is 12.2 Å². The van der Waals surface area contributed by atoms with Crippen LogP contribution in [0.15, 0.2) is 18.2 Å². The third-order valence-electron chi connectivity index (χ3n) is 4.14. The summed E-state index contributed by atoms with van der Waals surface area (Å²) >= 11 is 0. The van der Waals surface area contributed by atoms with Crippen molar-refractivity contribution in [3.05, 3.63) is 29.6 Å². The fourth-order valence-electron chi connectivity index (χ4n) is 3.05. The maximum atomic E-state index is 12.9. The van der Waals surface area contributed by atoms with E-state index in [9.17, 15) is 9.18 Å². The molecule has 1 aliphatic rings. The average molecular weight is 278 g/mol. The molecule has 110 valence electrons. The number of anilines is 1. The number of carbonyl (C=O) groups is 1. The number of benzene rings is 1. The third kappa shape index (κ3) is 3.95. The Hall–Kier alpha value is -1.58. The molecule has 0 aromatic heterocycles. The SMILES string of the molecule is CC1CCCC(CCNC(=O)c2ccc(F)cc2N)C1. The summed E-state index contributed by atoms with van der Waals surface area (Å²) in [5.74, 6) is 0.878. The zero-order valence-electron chi connectivity index (χ0n) is 12.0.